The van der Waals surface area contributed by atoms with Gasteiger partial charge in [0.2, 0.25) is 0 Å². The van der Waals surface area contributed by atoms with Crippen molar-refractivity contribution in [1.29, 1.82) is 0 Å². The molecular formula is C10H14O5S. The Kier molecular flexibility index (Phi) is 4.28. The lowest BCUT2D eigenvalue weighted by Gasteiger charge is -2.08. The van der Waals surface area contributed by atoms with Crippen LogP contribution in [0.1, 0.15) is 11.1 Å². The number of rotatable bonds is 5. The molecule has 1 N–H and O–H groups in total. The van der Waals surface area contributed by atoms with Gasteiger partial charge in [0.05, 0.1) is 0 Å². The van der Waals surface area contributed by atoms with Gasteiger partial charge in [-0.05, 0) is 25.5 Å². The zero-order valence-electron chi connectivity index (χ0n) is 9.13. The molecule has 0 aliphatic heterocycles. The first kappa shape index (κ1) is 13.0. The van der Waals surface area contributed by atoms with E-state index in [-0.39, 0.29) is 13.2 Å². The monoisotopic (exact) mass is 246 g/mol. The van der Waals surface area contributed by atoms with Gasteiger partial charge in [-0.15, -0.1) is 0 Å². The smallest absolute Gasteiger partial charge is 0.397 e. The Hall–Kier alpha value is -1.11. The van der Waals surface area contributed by atoms with E-state index in [0.29, 0.717) is 5.75 Å². The van der Waals surface area contributed by atoms with Gasteiger partial charge in [0, 0.05) is 0 Å². The van der Waals surface area contributed by atoms with Crippen LogP contribution in [0.3, 0.4) is 0 Å². The summed E-state index contributed by atoms with van der Waals surface area (Å²) in [6.07, 6.45) is 0. The molecule has 0 spiro atoms. The summed E-state index contributed by atoms with van der Waals surface area (Å²) < 4.78 is 38.2. The molecule has 0 amide bonds. The maximum absolute atomic E-state index is 10.2. The van der Waals surface area contributed by atoms with E-state index < -0.39 is 10.4 Å². The molecule has 0 heterocycles. The largest absolute Gasteiger partial charge is 0.491 e. The van der Waals surface area contributed by atoms with Gasteiger partial charge < -0.3 is 4.74 Å². The van der Waals surface area contributed by atoms with Gasteiger partial charge in [0.1, 0.15) is 19.0 Å². The number of hydrogen-bond acceptors (Lipinski definition) is 4. The molecule has 0 saturated heterocycles. The summed E-state index contributed by atoms with van der Waals surface area (Å²) in [5.41, 5.74) is 2.09. The lowest BCUT2D eigenvalue weighted by molar-refractivity contribution is 0.201. The molecule has 5 nitrogen and oxygen atoms in total. The molecule has 16 heavy (non-hydrogen) atoms. The molecule has 0 saturated carbocycles. The van der Waals surface area contributed by atoms with Gasteiger partial charge in [-0.2, -0.15) is 8.42 Å². The van der Waals surface area contributed by atoms with Crippen LogP contribution in [0.2, 0.25) is 0 Å². The van der Waals surface area contributed by atoms with E-state index in [2.05, 4.69) is 4.18 Å². The zero-order valence-corrected chi connectivity index (χ0v) is 9.95. The molecule has 0 atom stereocenters. The van der Waals surface area contributed by atoms with Crippen molar-refractivity contribution in [2.75, 3.05) is 13.2 Å². The molecule has 90 valence electrons. The first-order chi connectivity index (χ1) is 7.38. The van der Waals surface area contributed by atoms with Crippen LogP contribution in [0.5, 0.6) is 5.75 Å². The van der Waals surface area contributed by atoms with Crippen LogP contribution in [0.15, 0.2) is 18.2 Å². The summed E-state index contributed by atoms with van der Waals surface area (Å²) in [7, 11) is -4.38. The second-order valence-corrected chi connectivity index (χ2v) is 4.46. The minimum atomic E-state index is -4.38. The molecule has 0 aliphatic carbocycles. The minimum absolute atomic E-state index is 0.0592. The third kappa shape index (κ3) is 4.61. The molecule has 0 unspecified atom stereocenters. The molecule has 0 aliphatic rings. The van der Waals surface area contributed by atoms with Gasteiger partial charge in [-0.3, -0.25) is 4.55 Å². The number of benzene rings is 1. The summed E-state index contributed by atoms with van der Waals surface area (Å²) in [5, 5.41) is 0. The van der Waals surface area contributed by atoms with Gasteiger partial charge >= 0.3 is 10.4 Å². The predicted octanol–water partition coefficient (Wildman–Crippen LogP) is 1.50. The van der Waals surface area contributed by atoms with Gasteiger partial charge in [-0.1, -0.05) is 17.7 Å². The van der Waals surface area contributed by atoms with Crippen molar-refractivity contribution < 1.29 is 21.9 Å². The highest BCUT2D eigenvalue weighted by molar-refractivity contribution is 7.80. The van der Waals surface area contributed by atoms with E-state index in [9.17, 15) is 8.42 Å². The molecule has 0 bridgehead atoms. The lowest BCUT2D eigenvalue weighted by atomic mass is 10.1. The number of hydrogen-bond donors (Lipinski definition) is 1. The van der Waals surface area contributed by atoms with Gasteiger partial charge in [0.15, 0.2) is 0 Å². The standard InChI is InChI=1S/C10H14O5S/c1-8-3-4-10(9(2)7-8)14-5-6-15-16(11,12)13/h3-4,7H,5-6H2,1-2H3,(H,11,12,13). The summed E-state index contributed by atoms with van der Waals surface area (Å²) in [6, 6.07) is 5.66. The third-order valence-corrected chi connectivity index (χ3v) is 2.37. The van der Waals surface area contributed by atoms with E-state index >= 15 is 0 Å². The SMILES string of the molecule is Cc1ccc(OCCOS(=O)(=O)O)c(C)c1. The Bertz CT molecular complexity index is 452. The van der Waals surface area contributed by atoms with Crippen LogP contribution in [-0.2, 0) is 14.6 Å². The second kappa shape index (κ2) is 5.29. The summed E-state index contributed by atoms with van der Waals surface area (Å²) >= 11 is 0. The van der Waals surface area contributed by atoms with Crippen LogP contribution in [0.4, 0.5) is 0 Å². The van der Waals surface area contributed by atoms with Crippen molar-refractivity contribution in [3.05, 3.63) is 29.3 Å². The quantitative estimate of drug-likeness (QED) is 0.629. The van der Waals surface area contributed by atoms with Crippen LogP contribution < -0.4 is 4.74 Å². The molecule has 0 fully saturated rings. The molecule has 1 rings (SSSR count). The fraction of sp³-hybridized carbons (Fsp3) is 0.400. The predicted molar refractivity (Wildman–Crippen MR) is 58.9 cm³/mol. The first-order valence-electron chi connectivity index (χ1n) is 4.70. The van der Waals surface area contributed by atoms with E-state index in [4.69, 9.17) is 9.29 Å². The molecule has 0 radical (unpaired) electrons. The molecule has 1 aromatic rings. The summed E-state index contributed by atoms with van der Waals surface area (Å²) in [4.78, 5) is 0. The molecular weight excluding hydrogens is 232 g/mol. The topological polar surface area (TPSA) is 72.8 Å². The fourth-order valence-electron chi connectivity index (χ4n) is 1.25. The van der Waals surface area contributed by atoms with Crippen molar-refractivity contribution >= 4 is 10.4 Å². The van der Waals surface area contributed by atoms with Gasteiger partial charge in [-0.25, -0.2) is 4.18 Å². The van der Waals surface area contributed by atoms with Crippen molar-refractivity contribution in [3.63, 3.8) is 0 Å². The van der Waals surface area contributed by atoms with Crippen molar-refractivity contribution in [1.82, 2.24) is 0 Å². The lowest BCUT2D eigenvalue weighted by Crippen LogP contribution is -2.11. The van der Waals surface area contributed by atoms with E-state index in [1.54, 1.807) is 6.07 Å². The van der Waals surface area contributed by atoms with Crippen LogP contribution in [0, 0.1) is 13.8 Å². The Labute approximate surface area is 95.0 Å². The Morgan fingerprint density at radius 1 is 1.25 bits per heavy atom. The van der Waals surface area contributed by atoms with Crippen molar-refractivity contribution in [2.24, 2.45) is 0 Å². The van der Waals surface area contributed by atoms with Crippen LogP contribution in [-0.4, -0.2) is 26.2 Å². The Balaban J connectivity index is 2.43. The zero-order chi connectivity index (χ0) is 12.2. The maximum Gasteiger partial charge on any atom is 0.397 e. The highest BCUT2D eigenvalue weighted by Crippen LogP contribution is 2.18. The van der Waals surface area contributed by atoms with Crippen LogP contribution in [0.25, 0.3) is 0 Å². The summed E-state index contributed by atoms with van der Waals surface area (Å²) in [6.45, 7) is 3.71. The van der Waals surface area contributed by atoms with Crippen molar-refractivity contribution in [3.8, 4) is 5.75 Å². The average molecular weight is 246 g/mol. The highest BCUT2D eigenvalue weighted by Gasteiger charge is 2.04. The van der Waals surface area contributed by atoms with E-state index in [1.165, 1.54) is 0 Å². The number of aryl methyl sites for hydroxylation is 2. The maximum atomic E-state index is 10.2. The summed E-state index contributed by atoms with van der Waals surface area (Å²) in [5.74, 6) is 0.671. The Morgan fingerprint density at radius 2 is 1.94 bits per heavy atom. The Morgan fingerprint density at radius 3 is 2.50 bits per heavy atom. The van der Waals surface area contributed by atoms with Crippen LogP contribution >= 0.6 is 0 Å². The molecule has 6 heteroatoms. The second-order valence-electron chi connectivity index (χ2n) is 3.37. The molecule has 0 aromatic heterocycles. The number of ether oxygens (including phenoxy) is 1. The minimum Gasteiger partial charge on any atom is -0.491 e. The van der Waals surface area contributed by atoms with Crippen molar-refractivity contribution in [2.45, 2.75) is 13.8 Å². The third-order valence-electron chi connectivity index (χ3n) is 1.90. The average Bonchev–Trinajstić information content (AvgIpc) is 2.13. The van der Waals surface area contributed by atoms with Gasteiger partial charge in [0.25, 0.3) is 0 Å². The van der Waals surface area contributed by atoms with E-state index in [1.807, 2.05) is 26.0 Å². The molecule has 1 aromatic carbocycles. The first-order valence-corrected chi connectivity index (χ1v) is 6.07. The fourth-order valence-corrected chi connectivity index (χ4v) is 1.53. The van der Waals surface area contributed by atoms with E-state index in [0.717, 1.165) is 11.1 Å². The normalized spacial score (nSPS) is 11.4. The highest BCUT2D eigenvalue weighted by atomic mass is 32.3.